The molecule has 56 valence electrons. The summed E-state index contributed by atoms with van der Waals surface area (Å²) in [7, 11) is 0. The molecule has 1 rings (SSSR count). The smallest absolute Gasteiger partial charge is 0.337 e. The van der Waals surface area contributed by atoms with Gasteiger partial charge in [-0.1, -0.05) is 29.4 Å². The molecule has 10 heavy (non-hydrogen) atoms. The first kappa shape index (κ1) is 8.24. The average Bonchev–Trinajstić information content (AvgIpc) is 2.15. The van der Waals surface area contributed by atoms with Gasteiger partial charge in [-0.2, -0.15) is 0 Å². The van der Waals surface area contributed by atoms with Crippen LogP contribution in [0.2, 0.25) is 0 Å². The van der Waals surface area contributed by atoms with Crippen molar-refractivity contribution >= 4 is 40.9 Å². The van der Waals surface area contributed by atoms with E-state index >= 15 is 0 Å². The lowest BCUT2D eigenvalue weighted by Gasteiger charge is -2.17. The molecule has 2 unspecified atom stereocenters. The maximum absolute atomic E-state index is 10.5. The van der Waals surface area contributed by atoms with Gasteiger partial charge in [-0.3, -0.25) is 0 Å². The number of carboxylic acid groups (broad SMARTS) is 1. The van der Waals surface area contributed by atoms with Crippen molar-refractivity contribution in [3.63, 3.8) is 0 Å². The number of hydrogen-bond acceptors (Lipinski definition) is 2. The normalized spacial score (nSPS) is 38.4. The van der Waals surface area contributed by atoms with Crippen molar-refractivity contribution < 1.29 is 9.90 Å². The molecule has 5 heteroatoms. The van der Waals surface area contributed by atoms with Crippen LogP contribution >= 0.6 is 35.0 Å². The second-order valence-electron chi connectivity index (χ2n) is 1.80. The molecular weight excluding hydrogens is 195 g/mol. The maximum Gasteiger partial charge on any atom is 0.337 e. The zero-order valence-electron chi connectivity index (χ0n) is 4.75. The highest BCUT2D eigenvalue weighted by Gasteiger charge is 2.45. The number of halogens is 2. The Hall–Kier alpha value is 0.140. The van der Waals surface area contributed by atoms with Crippen molar-refractivity contribution in [1.29, 1.82) is 0 Å². The Morgan fingerprint density at radius 2 is 2.40 bits per heavy atom. The highest BCUT2D eigenvalue weighted by atomic mass is 35.5. The zero-order valence-corrected chi connectivity index (χ0v) is 7.08. The van der Waals surface area contributed by atoms with Gasteiger partial charge < -0.3 is 5.11 Å². The quantitative estimate of drug-likeness (QED) is 0.655. The summed E-state index contributed by atoms with van der Waals surface area (Å²) < 4.78 is -1.39. The average molecular weight is 199 g/mol. The zero-order chi connectivity index (χ0) is 7.78. The summed E-state index contributed by atoms with van der Waals surface area (Å²) in [6.45, 7) is 0. The summed E-state index contributed by atoms with van der Waals surface area (Å²) >= 11 is 12.2. The Morgan fingerprint density at radius 3 is 2.60 bits per heavy atom. The molecule has 0 aromatic heterocycles. The van der Waals surface area contributed by atoms with Gasteiger partial charge in [0.2, 0.25) is 4.21 Å². The summed E-state index contributed by atoms with van der Waals surface area (Å²) in [5.74, 6) is -1.09. The third kappa shape index (κ3) is 1.13. The van der Waals surface area contributed by atoms with Gasteiger partial charge in [0.05, 0.1) is 5.38 Å². The number of hydrogen-bond donors (Lipinski definition) is 1. The Kier molecular flexibility index (Phi) is 2.18. The standard InChI is InChI=1S/C5H4Cl2O2S/c6-3-1-2-10-5(3,7)4(8)9/h1-3H,(H,8,9). The molecule has 0 fully saturated rings. The van der Waals surface area contributed by atoms with Gasteiger partial charge in [0.1, 0.15) is 0 Å². The van der Waals surface area contributed by atoms with Gasteiger partial charge >= 0.3 is 5.97 Å². The van der Waals surface area contributed by atoms with E-state index in [-0.39, 0.29) is 0 Å². The Bertz CT molecular complexity index is 194. The van der Waals surface area contributed by atoms with E-state index in [1.54, 1.807) is 11.5 Å². The number of aliphatic carboxylic acids is 1. The van der Waals surface area contributed by atoms with Crippen LogP contribution < -0.4 is 0 Å². The fourth-order valence-electron chi connectivity index (χ4n) is 0.564. The number of carboxylic acids is 1. The van der Waals surface area contributed by atoms with Crippen LogP contribution in [0.4, 0.5) is 0 Å². The van der Waals surface area contributed by atoms with Crippen molar-refractivity contribution in [2.75, 3.05) is 0 Å². The minimum atomic E-state index is -1.39. The predicted octanol–water partition coefficient (Wildman–Crippen LogP) is 1.87. The molecule has 1 aliphatic heterocycles. The van der Waals surface area contributed by atoms with E-state index in [1.165, 1.54) is 0 Å². The Labute approximate surface area is 72.2 Å². The van der Waals surface area contributed by atoms with Crippen molar-refractivity contribution in [3.05, 3.63) is 11.5 Å². The van der Waals surface area contributed by atoms with Crippen LogP contribution in [0.3, 0.4) is 0 Å². The van der Waals surface area contributed by atoms with Gasteiger partial charge in [0.15, 0.2) is 0 Å². The lowest BCUT2D eigenvalue weighted by molar-refractivity contribution is -0.137. The van der Waals surface area contributed by atoms with Crippen molar-refractivity contribution in [3.8, 4) is 0 Å². The molecule has 0 bridgehead atoms. The van der Waals surface area contributed by atoms with Crippen LogP contribution in [0.1, 0.15) is 0 Å². The van der Waals surface area contributed by atoms with Crippen LogP contribution in [0, 0.1) is 0 Å². The van der Waals surface area contributed by atoms with E-state index < -0.39 is 15.6 Å². The lowest BCUT2D eigenvalue weighted by atomic mass is 10.3. The number of carbonyl (C=O) groups is 1. The van der Waals surface area contributed by atoms with E-state index in [9.17, 15) is 4.79 Å². The second-order valence-corrected chi connectivity index (χ2v) is 4.24. The monoisotopic (exact) mass is 198 g/mol. The molecular formula is C5H4Cl2O2S. The van der Waals surface area contributed by atoms with Gasteiger partial charge in [0, 0.05) is 0 Å². The van der Waals surface area contributed by atoms with E-state index in [0.29, 0.717) is 0 Å². The summed E-state index contributed by atoms with van der Waals surface area (Å²) in [6.07, 6.45) is 1.56. The summed E-state index contributed by atoms with van der Waals surface area (Å²) in [5, 5.41) is 9.53. The summed E-state index contributed by atoms with van der Waals surface area (Å²) in [6, 6.07) is 0. The van der Waals surface area contributed by atoms with E-state index in [4.69, 9.17) is 28.3 Å². The molecule has 0 aromatic carbocycles. The maximum atomic E-state index is 10.5. The van der Waals surface area contributed by atoms with E-state index in [0.717, 1.165) is 11.8 Å². The second kappa shape index (κ2) is 2.64. The minimum Gasteiger partial charge on any atom is -0.479 e. The fourth-order valence-corrected chi connectivity index (χ4v) is 1.94. The predicted molar refractivity (Wildman–Crippen MR) is 42.6 cm³/mol. The number of thioether (sulfide) groups is 1. The number of alkyl halides is 2. The molecule has 1 heterocycles. The van der Waals surface area contributed by atoms with Crippen LogP contribution in [0.5, 0.6) is 0 Å². The Balaban J connectivity index is 2.80. The van der Waals surface area contributed by atoms with E-state index in [1.807, 2.05) is 0 Å². The largest absolute Gasteiger partial charge is 0.479 e. The van der Waals surface area contributed by atoms with Crippen molar-refractivity contribution in [1.82, 2.24) is 0 Å². The van der Waals surface area contributed by atoms with Crippen LogP contribution in [0.25, 0.3) is 0 Å². The first-order valence-electron chi connectivity index (χ1n) is 2.48. The van der Waals surface area contributed by atoms with E-state index in [2.05, 4.69) is 0 Å². The third-order valence-corrected chi connectivity index (χ3v) is 3.58. The molecule has 0 radical (unpaired) electrons. The van der Waals surface area contributed by atoms with Crippen LogP contribution in [0.15, 0.2) is 11.5 Å². The summed E-state index contributed by atoms with van der Waals surface area (Å²) in [4.78, 5) is 10.5. The summed E-state index contributed by atoms with van der Waals surface area (Å²) in [5.41, 5.74) is 0. The lowest BCUT2D eigenvalue weighted by Crippen LogP contribution is -2.34. The molecule has 2 atom stereocenters. The van der Waals surface area contributed by atoms with Crippen LogP contribution in [-0.2, 0) is 4.79 Å². The third-order valence-electron chi connectivity index (χ3n) is 1.13. The Morgan fingerprint density at radius 1 is 1.80 bits per heavy atom. The van der Waals surface area contributed by atoms with Crippen molar-refractivity contribution in [2.24, 2.45) is 0 Å². The van der Waals surface area contributed by atoms with Crippen molar-refractivity contribution in [2.45, 2.75) is 9.58 Å². The van der Waals surface area contributed by atoms with Gasteiger partial charge in [0.25, 0.3) is 0 Å². The highest BCUT2D eigenvalue weighted by molar-refractivity contribution is 8.05. The molecule has 1 aliphatic rings. The molecule has 0 saturated carbocycles. The molecule has 2 nitrogen and oxygen atoms in total. The SMILES string of the molecule is O=C(O)C1(Cl)SC=CC1Cl. The minimum absolute atomic E-state index is 0.628. The highest BCUT2D eigenvalue weighted by Crippen LogP contribution is 2.43. The number of rotatable bonds is 1. The first-order valence-corrected chi connectivity index (χ1v) is 4.17. The molecule has 0 aromatic rings. The molecule has 0 aliphatic carbocycles. The first-order chi connectivity index (χ1) is 4.57. The molecule has 1 N–H and O–H groups in total. The van der Waals surface area contributed by atoms with Gasteiger partial charge in [-0.05, 0) is 5.41 Å². The fraction of sp³-hybridized carbons (Fsp3) is 0.400. The van der Waals surface area contributed by atoms with Crippen LogP contribution in [-0.4, -0.2) is 20.7 Å². The van der Waals surface area contributed by atoms with Gasteiger partial charge in [-0.15, -0.1) is 11.6 Å². The molecule has 0 saturated heterocycles. The molecule has 0 amide bonds. The number of allylic oxidation sites excluding steroid dienone is 1. The topological polar surface area (TPSA) is 37.3 Å². The van der Waals surface area contributed by atoms with Gasteiger partial charge in [-0.25, -0.2) is 4.79 Å². The molecule has 0 spiro atoms.